The van der Waals surface area contributed by atoms with Crippen molar-refractivity contribution in [2.45, 2.75) is 51.9 Å². The number of hydrogen-bond acceptors (Lipinski definition) is 0. The molecule has 0 heteroatoms. The van der Waals surface area contributed by atoms with Crippen molar-refractivity contribution in [2.75, 3.05) is 0 Å². The predicted molar refractivity (Wildman–Crippen MR) is 70.0 cm³/mol. The summed E-state index contributed by atoms with van der Waals surface area (Å²) >= 11 is 0. The van der Waals surface area contributed by atoms with Gasteiger partial charge >= 0.3 is 0 Å². The van der Waals surface area contributed by atoms with E-state index in [-0.39, 0.29) is 0 Å². The number of allylic oxidation sites excluding steroid dienone is 4. The molecule has 16 heavy (non-hydrogen) atoms. The van der Waals surface area contributed by atoms with E-state index in [1.165, 1.54) is 44.1 Å². The Morgan fingerprint density at radius 3 is 2.69 bits per heavy atom. The van der Waals surface area contributed by atoms with Crippen molar-refractivity contribution in [3.05, 3.63) is 23.3 Å². The first-order chi connectivity index (χ1) is 7.79. The van der Waals surface area contributed by atoms with Gasteiger partial charge in [0, 0.05) is 5.57 Å². The Balaban J connectivity index is 2.00. The largest absolute Gasteiger partial charge is 0.115 e. The molecule has 2 rings (SSSR count). The minimum atomic E-state index is 0.848. The van der Waals surface area contributed by atoms with Crippen LogP contribution < -0.4 is 0 Å². The first-order valence-electron chi connectivity index (χ1n) is 6.66. The summed E-state index contributed by atoms with van der Waals surface area (Å²) in [5.74, 6) is 4.55. The summed E-state index contributed by atoms with van der Waals surface area (Å²) in [6.07, 6.45) is 19.2. The highest BCUT2D eigenvalue weighted by atomic mass is 14.3. The number of rotatable bonds is 1. The minimum Gasteiger partial charge on any atom is -0.115 e. The van der Waals surface area contributed by atoms with Crippen molar-refractivity contribution in [1.82, 2.24) is 0 Å². The average molecular weight is 214 g/mol. The lowest BCUT2D eigenvalue weighted by Crippen LogP contribution is -2.06. The van der Waals surface area contributed by atoms with Crippen LogP contribution in [-0.2, 0) is 0 Å². The average Bonchev–Trinajstić information content (AvgIpc) is 2.54. The Morgan fingerprint density at radius 2 is 2.00 bits per heavy atom. The molecule has 0 heterocycles. The minimum absolute atomic E-state index is 0.848. The molecule has 0 nitrogen and oxygen atoms in total. The van der Waals surface area contributed by atoms with Crippen LogP contribution >= 0.6 is 0 Å². The topological polar surface area (TPSA) is 0 Å². The third-order valence-corrected chi connectivity index (χ3v) is 4.15. The van der Waals surface area contributed by atoms with Crippen LogP contribution in [0, 0.1) is 24.2 Å². The van der Waals surface area contributed by atoms with Gasteiger partial charge in [0.05, 0.1) is 0 Å². The summed E-state index contributed by atoms with van der Waals surface area (Å²) < 4.78 is 0. The maximum Gasteiger partial charge on any atom is 0.00207 e. The Hall–Kier alpha value is -0.960. The van der Waals surface area contributed by atoms with Gasteiger partial charge in [0.2, 0.25) is 0 Å². The molecule has 0 aromatic heterocycles. The molecule has 1 saturated carbocycles. The molecule has 0 N–H and O–H groups in total. The van der Waals surface area contributed by atoms with Gasteiger partial charge in [-0.2, -0.15) is 0 Å². The van der Waals surface area contributed by atoms with E-state index in [4.69, 9.17) is 6.42 Å². The summed E-state index contributed by atoms with van der Waals surface area (Å²) in [4.78, 5) is 0. The van der Waals surface area contributed by atoms with E-state index >= 15 is 0 Å². The fourth-order valence-corrected chi connectivity index (χ4v) is 2.97. The van der Waals surface area contributed by atoms with E-state index in [0.29, 0.717) is 0 Å². The Bertz CT molecular complexity index is 338. The van der Waals surface area contributed by atoms with Crippen LogP contribution in [0.3, 0.4) is 0 Å². The van der Waals surface area contributed by atoms with Crippen molar-refractivity contribution in [3.8, 4) is 12.3 Å². The van der Waals surface area contributed by atoms with Crippen LogP contribution in [0.15, 0.2) is 23.3 Å². The third-order valence-electron chi connectivity index (χ3n) is 4.15. The predicted octanol–water partition coefficient (Wildman–Crippen LogP) is 4.48. The first-order valence-corrected chi connectivity index (χ1v) is 6.66. The van der Waals surface area contributed by atoms with Crippen molar-refractivity contribution in [2.24, 2.45) is 11.8 Å². The second-order valence-corrected chi connectivity index (χ2v) is 5.39. The highest BCUT2D eigenvalue weighted by molar-refractivity contribution is 5.35. The van der Waals surface area contributed by atoms with Gasteiger partial charge in [-0.25, -0.2) is 0 Å². The second kappa shape index (κ2) is 5.39. The molecule has 0 aromatic rings. The lowest BCUT2D eigenvalue weighted by Gasteiger charge is -2.21. The van der Waals surface area contributed by atoms with Crippen LogP contribution in [0.5, 0.6) is 0 Å². The zero-order valence-electron chi connectivity index (χ0n) is 10.3. The summed E-state index contributed by atoms with van der Waals surface area (Å²) in [7, 11) is 0. The molecular formula is C16H22. The molecule has 0 aromatic carbocycles. The molecule has 2 aliphatic rings. The summed E-state index contributed by atoms with van der Waals surface area (Å²) in [6, 6.07) is 0. The van der Waals surface area contributed by atoms with Gasteiger partial charge in [-0.05, 0) is 37.5 Å². The summed E-state index contributed by atoms with van der Waals surface area (Å²) in [6.45, 7) is 2.40. The van der Waals surface area contributed by atoms with Gasteiger partial charge in [-0.3, -0.25) is 0 Å². The normalized spacial score (nSPS) is 31.0. The van der Waals surface area contributed by atoms with Crippen molar-refractivity contribution >= 4 is 0 Å². The molecule has 0 bridgehead atoms. The van der Waals surface area contributed by atoms with Gasteiger partial charge in [0.15, 0.2) is 0 Å². The molecule has 0 radical (unpaired) electrons. The van der Waals surface area contributed by atoms with Crippen molar-refractivity contribution in [1.29, 1.82) is 0 Å². The van der Waals surface area contributed by atoms with Gasteiger partial charge in [0.1, 0.15) is 0 Å². The van der Waals surface area contributed by atoms with Crippen molar-refractivity contribution in [3.63, 3.8) is 0 Å². The summed E-state index contributed by atoms with van der Waals surface area (Å²) in [5.41, 5.74) is 2.83. The van der Waals surface area contributed by atoms with E-state index in [0.717, 1.165) is 18.3 Å². The van der Waals surface area contributed by atoms with Crippen LogP contribution in [0.2, 0.25) is 0 Å². The highest BCUT2D eigenvalue weighted by Gasteiger charge is 2.20. The molecule has 2 atom stereocenters. The second-order valence-electron chi connectivity index (χ2n) is 5.39. The maximum absolute atomic E-state index is 5.42. The van der Waals surface area contributed by atoms with Gasteiger partial charge in [0.25, 0.3) is 0 Å². The van der Waals surface area contributed by atoms with Crippen LogP contribution in [0.25, 0.3) is 0 Å². The molecule has 2 aliphatic carbocycles. The van der Waals surface area contributed by atoms with Crippen LogP contribution in [-0.4, -0.2) is 0 Å². The molecule has 1 fully saturated rings. The molecule has 0 aliphatic heterocycles. The molecule has 0 spiro atoms. The number of hydrogen-bond donors (Lipinski definition) is 0. The zero-order chi connectivity index (χ0) is 11.4. The van der Waals surface area contributed by atoms with E-state index in [9.17, 15) is 0 Å². The molecule has 2 unspecified atom stereocenters. The van der Waals surface area contributed by atoms with Gasteiger partial charge < -0.3 is 0 Å². The quantitative estimate of drug-likeness (QED) is 0.446. The fraction of sp³-hybridized carbons (Fsp3) is 0.625. The fourth-order valence-electron chi connectivity index (χ4n) is 2.97. The molecule has 86 valence electrons. The Labute approximate surface area is 99.8 Å². The standard InChI is InChI=1S/C16H22/c1-3-14-8-11-16(12-9-14)15-6-4-5-13(2)7-10-15/h1,8,11,13,15H,4-7,9-10,12H2,2H3. The molecular weight excluding hydrogens is 192 g/mol. The zero-order valence-corrected chi connectivity index (χ0v) is 10.3. The lowest BCUT2D eigenvalue weighted by molar-refractivity contribution is 0.480. The van der Waals surface area contributed by atoms with E-state index in [1.54, 1.807) is 5.57 Å². The SMILES string of the molecule is C#CC1=CC=C(C2CCCC(C)CC2)CC1. The maximum atomic E-state index is 5.42. The van der Waals surface area contributed by atoms with E-state index in [1.807, 2.05) is 0 Å². The first kappa shape index (κ1) is 11.5. The van der Waals surface area contributed by atoms with Crippen molar-refractivity contribution < 1.29 is 0 Å². The highest BCUT2D eigenvalue weighted by Crippen LogP contribution is 2.35. The van der Waals surface area contributed by atoms with Crippen LogP contribution in [0.1, 0.15) is 51.9 Å². The van der Waals surface area contributed by atoms with Gasteiger partial charge in [-0.15, -0.1) is 6.42 Å². The smallest absolute Gasteiger partial charge is 0.00207 e. The van der Waals surface area contributed by atoms with E-state index < -0.39 is 0 Å². The van der Waals surface area contributed by atoms with Crippen LogP contribution in [0.4, 0.5) is 0 Å². The van der Waals surface area contributed by atoms with E-state index in [2.05, 4.69) is 25.0 Å². The van der Waals surface area contributed by atoms with Gasteiger partial charge in [-0.1, -0.05) is 49.8 Å². The monoisotopic (exact) mass is 214 g/mol. The lowest BCUT2D eigenvalue weighted by atomic mass is 9.85. The third kappa shape index (κ3) is 2.79. The number of terminal acetylenes is 1. The Kier molecular flexibility index (Phi) is 3.88. The summed E-state index contributed by atoms with van der Waals surface area (Å²) in [5, 5.41) is 0. The molecule has 0 amide bonds. The Morgan fingerprint density at radius 1 is 1.12 bits per heavy atom. The molecule has 0 saturated heterocycles.